The van der Waals surface area contributed by atoms with Gasteiger partial charge < -0.3 is 15.4 Å². The van der Waals surface area contributed by atoms with Crippen LogP contribution in [-0.4, -0.2) is 31.4 Å². The molecule has 9 nitrogen and oxygen atoms in total. The van der Waals surface area contributed by atoms with Gasteiger partial charge in [-0.1, -0.05) is 6.07 Å². The van der Waals surface area contributed by atoms with Gasteiger partial charge in [0.15, 0.2) is 11.5 Å². The summed E-state index contributed by atoms with van der Waals surface area (Å²) >= 11 is 0. The van der Waals surface area contributed by atoms with E-state index in [-0.39, 0.29) is 34.7 Å². The lowest BCUT2D eigenvalue weighted by molar-refractivity contribution is -0.137. The summed E-state index contributed by atoms with van der Waals surface area (Å²) in [5.41, 5.74) is -0.345. The van der Waals surface area contributed by atoms with Gasteiger partial charge in [-0.05, 0) is 37.1 Å². The molecule has 3 heterocycles. The van der Waals surface area contributed by atoms with Gasteiger partial charge in [0.05, 0.1) is 29.8 Å². The van der Waals surface area contributed by atoms with E-state index in [4.69, 9.17) is 4.74 Å². The zero-order valence-electron chi connectivity index (χ0n) is 17.9. The van der Waals surface area contributed by atoms with Crippen LogP contribution < -0.4 is 15.4 Å². The van der Waals surface area contributed by atoms with Gasteiger partial charge >= 0.3 is 6.18 Å². The van der Waals surface area contributed by atoms with Crippen molar-refractivity contribution in [1.82, 2.24) is 19.6 Å². The van der Waals surface area contributed by atoms with E-state index >= 15 is 0 Å². The Morgan fingerprint density at radius 3 is 2.66 bits per heavy atom. The third-order valence-electron chi connectivity index (χ3n) is 5.14. The smallest absolute Gasteiger partial charge is 0.416 e. The van der Waals surface area contributed by atoms with Crippen molar-refractivity contribution in [3.05, 3.63) is 72.2 Å². The fourth-order valence-electron chi connectivity index (χ4n) is 3.26. The normalized spacial score (nSPS) is 13.5. The number of nitrogens with zero attached hydrogens (tertiary/aromatic N) is 4. The van der Waals surface area contributed by atoms with Crippen molar-refractivity contribution in [3.8, 4) is 11.6 Å². The van der Waals surface area contributed by atoms with Gasteiger partial charge in [-0.2, -0.15) is 13.2 Å². The predicted octanol–water partition coefficient (Wildman–Crippen LogP) is 4.54. The number of imidazole rings is 1. The topological polar surface area (TPSA) is 111 Å². The molecular formula is C23H17F3N6O3. The largest absolute Gasteiger partial charge is 0.436 e. The molecule has 0 radical (unpaired) electrons. The Morgan fingerprint density at radius 1 is 1.06 bits per heavy atom. The standard InChI is InChI=1S/C23H17F3N6O3/c24-23(25,26)15-3-1-2-14(8-15)22(34)28-16-9-17(11-27-10-16)35-20-7-6-19-29-18(12-32(19)31-20)30-21(33)13-4-5-13/h1-3,6-13H,4-5H2,(H,28,34)(H,30,33). The minimum Gasteiger partial charge on any atom is -0.436 e. The average molecular weight is 482 g/mol. The Labute approximate surface area is 196 Å². The van der Waals surface area contributed by atoms with Crippen LogP contribution in [0.15, 0.2) is 61.1 Å². The van der Waals surface area contributed by atoms with E-state index in [1.165, 1.54) is 29.0 Å². The number of carbonyl (C=O) groups excluding carboxylic acids is 2. The number of hydrogen-bond donors (Lipinski definition) is 2. The molecule has 1 fully saturated rings. The molecule has 1 saturated carbocycles. The van der Waals surface area contributed by atoms with Crippen molar-refractivity contribution in [2.75, 3.05) is 10.6 Å². The summed E-state index contributed by atoms with van der Waals surface area (Å²) in [7, 11) is 0. The fraction of sp³-hybridized carbons (Fsp3) is 0.174. The first-order chi connectivity index (χ1) is 16.7. The lowest BCUT2D eigenvalue weighted by atomic mass is 10.1. The number of nitrogens with one attached hydrogen (secondary N) is 2. The van der Waals surface area contributed by atoms with Crippen molar-refractivity contribution >= 4 is 29.0 Å². The highest BCUT2D eigenvalue weighted by atomic mass is 19.4. The van der Waals surface area contributed by atoms with E-state index in [1.807, 2.05) is 0 Å². The molecule has 2 amide bonds. The molecule has 12 heteroatoms. The van der Waals surface area contributed by atoms with Crippen molar-refractivity contribution in [2.24, 2.45) is 5.92 Å². The van der Waals surface area contributed by atoms with Crippen LogP contribution >= 0.6 is 0 Å². The summed E-state index contributed by atoms with van der Waals surface area (Å²) in [4.78, 5) is 32.6. The van der Waals surface area contributed by atoms with E-state index in [0.29, 0.717) is 11.5 Å². The van der Waals surface area contributed by atoms with Gasteiger partial charge in [-0.15, -0.1) is 5.10 Å². The van der Waals surface area contributed by atoms with Crippen molar-refractivity contribution in [3.63, 3.8) is 0 Å². The van der Waals surface area contributed by atoms with E-state index in [2.05, 4.69) is 25.7 Å². The highest BCUT2D eigenvalue weighted by molar-refractivity contribution is 6.04. The van der Waals surface area contributed by atoms with Gasteiger partial charge in [-0.3, -0.25) is 14.6 Å². The molecule has 0 bridgehead atoms. The average Bonchev–Trinajstić information content (AvgIpc) is 3.60. The summed E-state index contributed by atoms with van der Waals surface area (Å²) in [6, 6.07) is 8.79. The zero-order chi connectivity index (χ0) is 24.6. The summed E-state index contributed by atoms with van der Waals surface area (Å²) in [5.74, 6) is 0.0564. The Hall–Kier alpha value is -4.48. The summed E-state index contributed by atoms with van der Waals surface area (Å²) in [5, 5.41) is 9.54. The summed E-state index contributed by atoms with van der Waals surface area (Å²) in [6.07, 6.45) is 1.48. The van der Waals surface area contributed by atoms with Crippen LogP contribution in [0.1, 0.15) is 28.8 Å². The van der Waals surface area contributed by atoms with Gasteiger partial charge in [0.1, 0.15) is 5.75 Å². The molecule has 5 rings (SSSR count). The number of halogens is 3. The van der Waals surface area contributed by atoms with Gasteiger partial charge in [0, 0.05) is 23.6 Å². The Balaban J connectivity index is 1.28. The second kappa shape index (κ2) is 8.70. The third kappa shape index (κ3) is 5.21. The number of rotatable bonds is 6. The van der Waals surface area contributed by atoms with Crippen molar-refractivity contribution in [1.29, 1.82) is 0 Å². The predicted molar refractivity (Wildman–Crippen MR) is 118 cm³/mol. The van der Waals surface area contributed by atoms with Crippen molar-refractivity contribution < 1.29 is 27.5 Å². The summed E-state index contributed by atoms with van der Waals surface area (Å²) < 4.78 is 45.9. The molecule has 0 atom stereocenters. The maximum atomic E-state index is 12.9. The van der Waals surface area contributed by atoms with Crippen molar-refractivity contribution in [2.45, 2.75) is 19.0 Å². The number of aromatic nitrogens is 4. The molecule has 1 aromatic carbocycles. The van der Waals surface area contributed by atoms with Crippen LogP contribution in [0.5, 0.6) is 11.6 Å². The number of fused-ring (bicyclic) bond motifs is 1. The lowest BCUT2D eigenvalue weighted by Crippen LogP contribution is -2.14. The maximum absolute atomic E-state index is 12.9. The molecular weight excluding hydrogens is 465 g/mol. The lowest BCUT2D eigenvalue weighted by Gasteiger charge is -2.10. The quantitative estimate of drug-likeness (QED) is 0.418. The molecule has 3 aromatic heterocycles. The van der Waals surface area contributed by atoms with Crippen LogP contribution in [0.2, 0.25) is 0 Å². The van der Waals surface area contributed by atoms with Crippen LogP contribution in [0.3, 0.4) is 0 Å². The molecule has 0 saturated heterocycles. The van der Waals surface area contributed by atoms with E-state index < -0.39 is 17.6 Å². The molecule has 178 valence electrons. The third-order valence-corrected chi connectivity index (χ3v) is 5.14. The Bertz CT molecular complexity index is 1430. The van der Waals surface area contributed by atoms with Gasteiger partial charge in [0.25, 0.3) is 5.91 Å². The van der Waals surface area contributed by atoms with E-state index in [9.17, 15) is 22.8 Å². The molecule has 4 aromatic rings. The van der Waals surface area contributed by atoms with Crippen LogP contribution in [0.25, 0.3) is 5.65 Å². The molecule has 1 aliphatic carbocycles. The zero-order valence-corrected chi connectivity index (χ0v) is 17.9. The minimum atomic E-state index is -4.56. The number of benzene rings is 1. The molecule has 35 heavy (non-hydrogen) atoms. The number of pyridine rings is 1. The second-order valence-electron chi connectivity index (χ2n) is 7.91. The number of hydrogen-bond acceptors (Lipinski definition) is 6. The minimum absolute atomic E-state index is 0.0421. The summed E-state index contributed by atoms with van der Waals surface area (Å²) in [6.45, 7) is 0. The molecule has 2 N–H and O–H groups in total. The van der Waals surface area contributed by atoms with Gasteiger partial charge in [-0.25, -0.2) is 9.50 Å². The Kier molecular flexibility index (Phi) is 5.55. The first kappa shape index (κ1) is 22.3. The maximum Gasteiger partial charge on any atom is 0.416 e. The molecule has 0 aliphatic heterocycles. The monoisotopic (exact) mass is 482 g/mol. The number of ether oxygens (including phenoxy) is 1. The van der Waals surface area contributed by atoms with Crippen LogP contribution in [0.4, 0.5) is 24.7 Å². The second-order valence-corrected chi connectivity index (χ2v) is 7.91. The van der Waals surface area contributed by atoms with Crippen LogP contribution in [0, 0.1) is 5.92 Å². The SMILES string of the molecule is O=C(Nc1cncc(Oc2ccc3nc(NC(=O)C4CC4)cn3n2)c1)c1cccc(C(F)(F)F)c1. The highest BCUT2D eigenvalue weighted by Gasteiger charge is 2.31. The first-order valence-electron chi connectivity index (χ1n) is 10.5. The molecule has 1 aliphatic rings. The number of amides is 2. The number of carbonyl (C=O) groups is 2. The van der Waals surface area contributed by atoms with E-state index in [0.717, 1.165) is 31.0 Å². The first-order valence-corrected chi connectivity index (χ1v) is 10.5. The van der Waals surface area contributed by atoms with Gasteiger partial charge in [0.2, 0.25) is 11.8 Å². The number of anilines is 2. The Morgan fingerprint density at radius 2 is 1.89 bits per heavy atom. The molecule has 0 spiro atoms. The molecule has 0 unspecified atom stereocenters. The number of alkyl halides is 3. The fourth-order valence-corrected chi connectivity index (χ4v) is 3.26. The van der Waals surface area contributed by atoms with Crippen LogP contribution in [-0.2, 0) is 11.0 Å². The highest BCUT2D eigenvalue weighted by Crippen LogP contribution is 2.31. The van der Waals surface area contributed by atoms with E-state index in [1.54, 1.807) is 18.3 Å².